The lowest BCUT2D eigenvalue weighted by Gasteiger charge is -2.37. The van der Waals surface area contributed by atoms with Crippen LogP contribution in [-0.2, 0) is 11.3 Å². The van der Waals surface area contributed by atoms with Crippen molar-refractivity contribution in [2.24, 2.45) is 0 Å². The summed E-state index contributed by atoms with van der Waals surface area (Å²) in [6.07, 6.45) is 0. The monoisotopic (exact) mass is 449 g/mol. The zero-order valence-electron chi connectivity index (χ0n) is 18.5. The van der Waals surface area contributed by atoms with E-state index in [0.717, 1.165) is 38.3 Å². The Hall–Kier alpha value is -3.61. The Kier molecular flexibility index (Phi) is 7.07. The fourth-order valence-electron chi connectivity index (χ4n) is 3.92. The zero-order valence-corrected chi connectivity index (χ0v) is 18.5. The van der Waals surface area contributed by atoms with Crippen molar-refractivity contribution in [3.8, 4) is 17.6 Å². The van der Waals surface area contributed by atoms with Crippen molar-refractivity contribution in [2.45, 2.75) is 19.5 Å². The van der Waals surface area contributed by atoms with Crippen molar-refractivity contribution in [1.82, 2.24) is 15.1 Å². The minimum absolute atomic E-state index is 0.342. The molecule has 1 unspecified atom stereocenters. The number of anilines is 1. The lowest BCUT2D eigenvalue weighted by Crippen LogP contribution is -2.54. The van der Waals surface area contributed by atoms with Crippen molar-refractivity contribution < 1.29 is 19.1 Å². The van der Waals surface area contributed by atoms with Gasteiger partial charge >= 0.3 is 6.03 Å². The summed E-state index contributed by atoms with van der Waals surface area (Å²) in [4.78, 5) is 29.3. The lowest BCUT2D eigenvalue weighted by atomic mass is 10.1. The molecule has 2 aliphatic heterocycles. The van der Waals surface area contributed by atoms with Gasteiger partial charge in [0.2, 0.25) is 5.91 Å². The topological polar surface area (TPSA) is 107 Å². The molecule has 0 saturated carbocycles. The van der Waals surface area contributed by atoms with E-state index >= 15 is 0 Å². The summed E-state index contributed by atoms with van der Waals surface area (Å²) in [5, 5.41) is 14.0. The number of amides is 3. The Balaban J connectivity index is 1.23. The van der Waals surface area contributed by atoms with Crippen molar-refractivity contribution in [3.63, 3.8) is 0 Å². The van der Waals surface area contributed by atoms with E-state index in [1.807, 2.05) is 31.2 Å². The predicted molar refractivity (Wildman–Crippen MR) is 122 cm³/mol. The molecular formula is C24H27N5O4. The van der Waals surface area contributed by atoms with Crippen LogP contribution in [0, 0.1) is 11.3 Å². The summed E-state index contributed by atoms with van der Waals surface area (Å²) in [6, 6.07) is 13.8. The summed E-state index contributed by atoms with van der Waals surface area (Å²) < 4.78 is 11.0. The molecule has 2 aromatic rings. The molecule has 1 atom stereocenters. The molecule has 3 amide bonds. The molecule has 1 saturated heterocycles. The molecule has 0 aromatic heterocycles. The zero-order chi connectivity index (χ0) is 23.2. The SMILES string of the molecule is CC(C(=O)NC(=O)Nc1ccc2c(c1)OCCO2)N1CCN(Cc2ccc(C#N)cc2)CC1. The van der Waals surface area contributed by atoms with E-state index in [9.17, 15) is 9.59 Å². The van der Waals surface area contributed by atoms with Gasteiger partial charge in [0.05, 0.1) is 17.7 Å². The molecule has 0 aliphatic carbocycles. The minimum Gasteiger partial charge on any atom is -0.486 e. The van der Waals surface area contributed by atoms with E-state index in [0.29, 0.717) is 36.0 Å². The van der Waals surface area contributed by atoms with Crippen LogP contribution in [-0.4, -0.2) is 67.2 Å². The van der Waals surface area contributed by atoms with Gasteiger partial charge in [0.25, 0.3) is 0 Å². The number of nitriles is 1. The fourth-order valence-corrected chi connectivity index (χ4v) is 3.92. The lowest BCUT2D eigenvalue weighted by molar-refractivity contribution is -0.125. The molecule has 2 aliphatic rings. The first-order chi connectivity index (χ1) is 16.0. The van der Waals surface area contributed by atoms with E-state index in [-0.39, 0.29) is 5.91 Å². The Bertz CT molecular complexity index is 1040. The van der Waals surface area contributed by atoms with Gasteiger partial charge in [-0.2, -0.15) is 5.26 Å². The van der Waals surface area contributed by atoms with Crippen molar-refractivity contribution in [3.05, 3.63) is 53.6 Å². The first-order valence-corrected chi connectivity index (χ1v) is 11.0. The molecular weight excluding hydrogens is 422 g/mol. The van der Waals surface area contributed by atoms with Gasteiger partial charge < -0.3 is 14.8 Å². The number of nitrogens with zero attached hydrogens (tertiary/aromatic N) is 3. The van der Waals surface area contributed by atoms with E-state index in [1.54, 1.807) is 18.2 Å². The van der Waals surface area contributed by atoms with Crippen molar-refractivity contribution >= 4 is 17.6 Å². The third-order valence-corrected chi connectivity index (χ3v) is 5.86. The van der Waals surface area contributed by atoms with Gasteiger partial charge in [-0.15, -0.1) is 0 Å². The molecule has 9 heteroatoms. The van der Waals surface area contributed by atoms with Crippen LogP contribution in [0.1, 0.15) is 18.1 Å². The second-order valence-electron chi connectivity index (χ2n) is 8.10. The molecule has 4 rings (SSSR count). The number of urea groups is 1. The second kappa shape index (κ2) is 10.3. The molecule has 1 fully saturated rings. The number of piperazine rings is 1. The Labute approximate surface area is 192 Å². The smallest absolute Gasteiger partial charge is 0.325 e. The third-order valence-electron chi connectivity index (χ3n) is 5.86. The predicted octanol–water partition coefficient (Wildman–Crippen LogP) is 2.18. The average Bonchev–Trinajstić information content (AvgIpc) is 2.84. The number of hydrogen-bond acceptors (Lipinski definition) is 7. The van der Waals surface area contributed by atoms with Gasteiger partial charge in [0.15, 0.2) is 11.5 Å². The van der Waals surface area contributed by atoms with Gasteiger partial charge in [0, 0.05) is 44.5 Å². The van der Waals surface area contributed by atoms with Crippen LogP contribution in [0.3, 0.4) is 0 Å². The average molecular weight is 450 g/mol. The molecule has 172 valence electrons. The maximum absolute atomic E-state index is 12.6. The van der Waals surface area contributed by atoms with Crippen LogP contribution in [0.5, 0.6) is 11.5 Å². The second-order valence-corrected chi connectivity index (χ2v) is 8.10. The number of rotatable bonds is 5. The van der Waals surface area contributed by atoms with Crippen LogP contribution >= 0.6 is 0 Å². The maximum Gasteiger partial charge on any atom is 0.325 e. The first-order valence-electron chi connectivity index (χ1n) is 11.0. The molecule has 9 nitrogen and oxygen atoms in total. The van der Waals surface area contributed by atoms with E-state index in [1.165, 1.54) is 0 Å². The quantitative estimate of drug-likeness (QED) is 0.721. The number of fused-ring (bicyclic) bond motifs is 1. The van der Waals surface area contributed by atoms with Gasteiger partial charge in [-0.1, -0.05) is 12.1 Å². The number of benzene rings is 2. The number of carbonyl (C=O) groups is 2. The minimum atomic E-state index is -0.581. The Morgan fingerprint density at radius 1 is 1.03 bits per heavy atom. The highest BCUT2D eigenvalue weighted by molar-refractivity contribution is 6.02. The number of hydrogen-bond donors (Lipinski definition) is 2. The third kappa shape index (κ3) is 5.80. The Morgan fingerprint density at radius 3 is 2.42 bits per heavy atom. The maximum atomic E-state index is 12.6. The highest BCUT2D eigenvalue weighted by Gasteiger charge is 2.26. The molecule has 2 aromatic carbocycles. The number of imide groups is 1. The van der Waals surface area contributed by atoms with E-state index in [2.05, 4.69) is 26.5 Å². The van der Waals surface area contributed by atoms with Gasteiger partial charge in [-0.25, -0.2) is 4.79 Å². The standard InChI is InChI=1S/C24H27N5O4/c1-17(29-10-8-28(9-11-29)16-19-4-2-18(15-25)3-5-19)23(30)27-24(31)26-20-6-7-21-22(14-20)33-13-12-32-21/h2-7,14,17H,8-13,16H2,1H3,(H2,26,27,30,31). The van der Waals surface area contributed by atoms with Gasteiger partial charge in [0.1, 0.15) is 13.2 Å². The molecule has 0 bridgehead atoms. The molecule has 2 N–H and O–H groups in total. The van der Waals surface area contributed by atoms with Crippen molar-refractivity contribution in [2.75, 3.05) is 44.7 Å². The van der Waals surface area contributed by atoms with Crippen LogP contribution in [0.15, 0.2) is 42.5 Å². The Morgan fingerprint density at radius 2 is 1.73 bits per heavy atom. The van der Waals surface area contributed by atoms with Crippen LogP contribution in [0.2, 0.25) is 0 Å². The summed E-state index contributed by atoms with van der Waals surface area (Å²) in [5.41, 5.74) is 2.33. The summed E-state index contributed by atoms with van der Waals surface area (Å²) in [6.45, 7) is 6.67. The summed E-state index contributed by atoms with van der Waals surface area (Å²) >= 11 is 0. The highest BCUT2D eigenvalue weighted by atomic mass is 16.6. The normalized spacial score (nSPS) is 17.0. The van der Waals surface area contributed by atoms with Gasteiger partial charge in [-0.3, -0.25) is 19.9 Å². The van der Waals surface area contributed by atoms with E-state index < -0.39 is 12.1 Å². The summed E-state index contributed by atoms with van der Waals surface area (Å²) in [7, 11) is 0. The summed E-state index contributed by atoms with van der Waals surface area (Å²) in [5.74, 6) is 0.860. The van der Waals surface area contributed by atoms with Crippen molar-refractivity contribution in [1.29, 1.82) is 5.26 Å². The van der Waals surface area contributed by atoms with Gasteiger partial charge in [-0.05, 0) is 36.8 Å². The molecule has 0 spiro atoms. The van der Waals surface area contributed by atoms with Crippen LogP contribution in [0.25, 0.3) is 0 Å². The molecule has 0 radical (unpaired) electrons. The van der Waals surface area contributed by atoms with Crippen LogP contribution in [0.4, 0.5) is 10.5 Å². The first kappa shape index (κ1) is 22.6. The largest absolute Gasteiger partial charge is 0.486 e. The number of carbonyl (C=O) groups excluding carboxylic acids is 2. The molecule has 33 heavy (non-hydrogen) atoms. The molecule has 2 heterocycles. The fraction of sp³-hybridized carbons (Fsp3) is 0.375. The number of nitrogens with one attached hydrogen (secondary N) is 2. The van der Waals surface area contributed by atoms with E-state index in [4.69, 9.17) is 14.7 Å². The highest BCUT2D eigenvalue weighted by Crippen LogP contribution is 2.32. The number of ether oxygens (including phenoxy) is 2. The van der Waals surface area contributed by atoms with Crippen LogP contribution < -0.4 is 20.1 Å².